The van der Waals surface area contributed by atoms with E-state index in [4.69, 9.17) is 16.7 Å². The van der Waals surface area contributed by atoms with Gasteiger partial charge in [0, 0.05) is 11.6 Å². The first-order valence-corrected chi connectivity index (χ1v) is 6.90. The lowest BCUT2D eigenvalue weighted by molar-refractivity contribution is -0.137. The number of hydrogen-bond donors (Lipinski definition) is 1. The van der Waals surface area contributed by atoms with Crippen LogP contribution >= 0.6 is 23.4 Å². The van der Waals surface area contributed by atoms with Crippen molar-refractivity contribution in [2.75, 3.05) is 6.54 Å². The van der Waals surface area contributed by atoms with Gasteiger partial charge in [-0.15, -0.1) is 0 Å². The summed E-state index contributed by atoms with van der Waals surface area (Å²) in [5.74, 6) is -1.54. The fourth-order valence-corrected chi connectivity index (χ4v) is 2.68. The zero-order valence-corrected chi connectivity index (χ0v) is 11.8. The molecule has 1 aromatic rings. The van der Waals surface area contributed by atoms with Gasteiger partial charge in [0.15, 0.2) is 0 Å². The lowest BCUT2D eigenvalue weighted by Gasteiger charge is -2.09. The molecule has 0 bridgehead atoms. The predicted octanol–water partition coefficient (Wildman–Crippen LogP) is 2.85. The van der Waals surface area contributed by atoms with Gasteiger partial charge in [-0.1, -0.05) is 29.8 Å². The Hall–Kier alpha value is -1.79. The number of halogens is 1. The topological polar surface area (TPSA) is 74.7 Å². The fourth-order valence-electron chi connectivity index (χ4n) is 1.63. The van der Waals surface area contributed by atoms with Crippen LogP contribution in [-0.4, -0.2) is 33.7 Å². The van der Waals surface area contributed by atoms with Gasteiger partial charge in [-0.3, -0.25) is 19.3 Å². The first kappa shape index (κ1) is 14.6. The highest BCUT2D eigenvalue weighted by Gasteiger charge is 2.35. The number of thioether (sulfide) groups is 1. The molecule has 5 nitrogen and oxygen atoms in total. The molecule has 0 saturated carbocycles. The number of amides is 2. The second-order valence-electron chi connectivity index (χ2n) is 4.00. The third kappa shape index (κ3) is 3.20. The Morgan fingerprint density at radius 1 is 1.35 bits per heavy atom. The molecule has 0 atom stereocenters. The van der Waals surface area contributed by atoms with Crippen molar-refractivity contribution >= 4 is 46.6 Å². The maximum Gasteiger partial charge on any atom is 0.305 e. The summed E-state index contributed by atoms with van der Waals surface area (Å²) in [4.78, 5) is 35.4. The molecule has 1 aromatic carbocycles. The Bertz CT molecular complexity index is 614. The van der Waals surface area contributed by atoms with Crippen LogP contribution in [0.3, 0.4) is 0 Å². The van der Waals surface area contributed by atoms with Crippen LogP contribution < -0.4 is 0 Å². The Kier molecular flexibility index (Phi) is 4.46. The van der Waals surface area contributed by atoms with Gasteiger partial charge in [0.05, 0.1) is 11.3 Å². The van der Waals surface area contributed by atoms with Crippen LogP contribution in [0.5, 0.6) is 0 Å². The van der Waals surface area contributed by atoms with Crippen molar-refractivity contribution in [3.05, 3.63) is 39.8 Å². The van der Waals surface area contributed by atoms with Crippen LogP contribution in [0.2, 0.25) is 5.02 Å². The summed E-state index contributed by atoms with van der Waals surface area (Å²) in [5.41, 5.74) is 0.637. The summed E-state index contributed by atoms with van der Waals surface area (Å²) in [6, 6.07) is 6.94. The van der Waals surface area contributed by atoms with Crippen LogP contribution in [0.15, 0.2) is 29.2 Å². The van der Waals surface area contributed by atoms with Crippen LogP contribution in [0, 0.1) is 0 Å². The van der Waals surface area contributed by atoms with E-state index in [9.17, 15) is 14.4 Å². The Labute approximate surface area is 124 Å². The molecule has 2 rings (SSSR count). The number of benzene rings is 1. The second kappa shape index (κ2) is 6.11. The van der Waals surface area contributed by atoms with Gasteiger partial charge in [-0.25, -0.2) is 0 Å². The first-order valence-electron chi connectivity index (χ1n) is 5.70. The second-order valence-corrected chi connectivity index (χ2v) is 5.40. The van der Waals surface area contributed by atoms with Gasteiger partial charge < -0.3 is 5.11 Å². The maximum atomic E-state index is 12.0. The van der Waals surface area contributed by atoms with Crippen molar-refractivity contribution in [3.63, 3.8) is 0 Å². The number of carbonyl (C=O) groups excluding carboxylic acids is 2. The van der Waals surface area contributed by atoms with Crippen molar-refractivity contribution in [3.8, 4) is 0 Å². The van der Waals surface area contributed by atoms with Gasteiger partial charge in [0.1, 0.15) is 0 Å². The van der Waals surface area contributed by atoms with Crippen molar-refractivity contribution in [1.29, 1.82) is 0 Å². The molecule has 0 aromatic heterocycles. The Morgan fingerprint density at radius 3 is 2.70 bits per heavy atom. The van der Waals surface area contributed by atoms with Gasteiger partial charge in [0.2, 0.25) is 0 Å². The van der Waals surface area contributed by atoms with Crippen molar-refractivity contribution in [2.24, 2.45) is 0 Å². The van der Waals surface area contributed by atoms with E-state index >= 15 is 0 Å². The predicted molar refractivity (Wildman–Crippen MR) is 76.4 cm³/mol. The zero-order valence-electron chi connectivity index (χ0n) is 10.2. The highest BCUT2D eigenvalue weighted by atomic mass is 35.5. The molecule has 7 heteroatoms. The number of aliphatic carboxylic acids is 1. The van der Waals surface area contributed by atoms with Gasteiger partial charge in [-0.2, -0.15) is 0 Å². The normalized spacial score (nSPS) is 17.1. The fraction of sp³-hybridized carbons (Fsp3) is 0.154. The van der Waals surface area contributed by atoms with Crippen LogP contribution in [-0.2, 0) is 9.59 Å². The molecular weight excluding hydrogens is 302 g/mol. The summed E-state index contributed by atoms with van der Waals surface area (Å²) in [7, 11) is 0. The molecule has 1 N–H and O–H groups in total. The monoisotopic (exact) mass is 311 g/mol. The van der Waals surface area contributed by atoms with Crippen LogP contribution in [0.4, 0.5) is 4.79 Å². The summed E-state index contributed by atoms with van der Waals surface area (Å²) in [6.45, 7) is -0.125. The summed E-state index contributed by atoms with van der Waals surface area (Å²) < 4.78 is 0. The maximum absolute atomic E-state index is 12.0. The van der Waals surface area contributed by atoms with E-state index in [-0.39, 0.29) is 17.9 Å². The number of carboxylic acid groups (broad SMARTS) is 1. The molecule has 0 unspecified atom stereocenters. The number of nitrogens with zero attached hydrogens (tertiary/aromatic N) is 1. The quantitative estimate of drug-likeness (QED) is 0.865. The largest absolute Gasteiger partial charge is 0.481 e. The van der Waals surface area contributed by atoms with Crippen molar-refractivity contribution in [1.82, 2.24) is 4.90 Å². The van der Waals surface area contributed by atoms with E-state index < -0.39 is 17.1 Å². The molecular formula is C13H10ClNO4S. The molecule has 1 aliphatic rings. The van der Waals surface area contributed by atoms with E-state index in [0.717, 1.165) is 16.7 Å². The van der Waals surface area contributed by atoms with E-state index in [1.165, 1.54) is 6.08 Å². The molecule has 0 aliphatic carbocycles. The minimum atomic E-state index is -1.06. The third-order valence-electron chi connectivity index (χ3n) is 2.61. The van der Waals surface area contributed by atoms with E-state index in [0.29, 0.717) is 10.6 Å². The molecule has 2 amide bonds. The molecule has 104 valence electrons. The van der Waals surface area contributed by atoms with Crippen molar-refractivity contribution in [2.45, 2.75) is 6.42 Å². The van der Waals surface area contributed by atoms with Crippen molar-refractivity contribution < 1.29 is 19.5 Å². The number of rotatable bonds is 4. The van der Waals surface area contributed by atoms with E-state index in [1.54, 1.807) is 24.3 Å². The summed E-state index contributed by atoms with van der Waals surface area (Å²) in [6.07, 6.45) is 1.27. The summed E-state index contributed by atoms with van der Waals surface area (Å²) >= 11 is 6.77. The van der Waals surface area contributed by atoms with Gasteiger partial charge in [0.25, 0.3) is 11.1 Å². The molecule has 1 heterocycles. The highest BCUT2D eigenvalue weighted by Crippen LogP contribution is 2.33. The average molecular weight is 312 g/mol. The molecule has 1 fully saturated rings. The molecule has 0 spiro atoms. The highest BCUT2D eigenvalue weighted by molar-refractivity contribution is 8.18. The standard InChI is InChI=1S/C13H10ClNO4S/c14-9-4-2-1-3-8(9)7-10-12(18)15(13(19)20-10)6-5-11(16)17/h1-4,7H,5-6H2,(H,16,17). The van der Waals surface area contributed by atoms with E-state index in [2.05, 4.69) is 0 Å². The Balaban J connectivity index is 2.19. The number of carbonyl (C=O) groups is 3. The smallest absolute Gasteiger partial charge is 0.305 e. The third-order valence-corrected chi connectivity index (χ3v) is 3.87. The number of carboxylic acids is 1. The number of hydrogen-bond acceptors (Lipinski definition) is 4. The van der Waals surface area contributed by atoms with Gasteiger partial charge in [-0.05, 0) is 29.5 Å². The first-order chi connectivity index (χ1) is 9.49. The van der Waals surface area contributed by atoms with Gasteiger partial charge >= 0.3 is 5.97 Å². The lowest BCUT2D eigenvalue weighted by Crippen LogP contribution is -2.30. The zero-order chi connectivity index (χ0) is 14.7. The average Bonchev–Trinajstić information content (AvgIpc) is 2.65. The minimum absolute atomic E-state index is 0.125. The number of imide groups is 1. The SMILES string of the molecule is O=C(O)CCN1C(=O)SC(=Cc2ccccc2Cl)C1=O. The Morgan fingerprint density at radius 2 is 2.05 bits per heavy atom. The molecule has 0 radical (unpaired) electrons. The van der Waals surface area contributed by atoms with E-state index in [1.807, 2.05) is 0 Å². The molecule has 1 aliphatic heterocycles. The van der Waals surface area contributed by atoms with Crippen LogP contribution in [0.25, 0.3) is 6.08 Å². The summed E-state index contributed by atoms with van der Waals surface area (Å²) in [5, 5.41) is 8.61. The molecule has 1 saturated heterocycles. The lowest BCUT2D eigenvalue weighted by atomic mass is 10.2. The van der Waals surface area contributed by atoms with Crippen LogP contribution in [0.1, 0.15) is 12.0 Å². The molecule has 20 heavy (non-hydrogen) atoms. The minimum Gasteiger partial charge on any atom is -0.481 e.